The lowest BCUT2D eigenvalue weighted by Gasteiger charge is -2.14. The Labute approximate surface area is 133 Å². The number of urea groups is 1. The minimum atomic E-state index is -1.26. The van der Waals surface area contributed by atoms with Crippen LogP contribution in [-0.4, -0.2) is 17.7 Å². The molecule has 23 heavy (non-hydrogen) atoms. The Hall–Kier alpha value is -2.47. The number of aliphatic hydroxyl groups excluding tert-OH is 1. The molecule has 1 atom stereocenters. The van der Waals surface area contributed by atoms with Crippen LogP contribution < -0.4 is 10.6 Å². The molecule has 2 aromatic rings. The third-order valence-corrected chi connectivity index (χ3v) is 3.41. The largest absolute Gasteiger partial charge is 0.386 e. The van der Waals surface area contributed by atoms with Gasteiger partial charge in [0.2, 0.25) is 0 Å². The van der Waals surface area contributed by atoms with Gasteiger partial charge in [-0.3, -0.25) is 0 Å². The van der Waals surface area contributed by atoms with Gasteiger partial charge in [0.05, 0.1) is 6.10 Å². The van der Waals surface area contributed by atoms with Crippen molar-refractivity contribution in [1.29, 1.82) is 0 Å². The summed E-state index contributed by atoms with van der Waals surface area (Å²) in [6.07, 6.45) is -1.26. The van der Waals surface area contributed by atoms with Gasteiger partial charge in [0.15, 0.2) is 0 Å². The highest BCUT2D eigenvalue weighted by Gasteiger charge is 2.15. The number of hydrogen-bond acceptors (Lipinski definition) is 2. The second-order valence-electron chi connectivity index (χ2n) is 5.34. The van der Waals surface area contributed by atoms with Crippen LogP contribution in [0, 0.1) is 25.5 Å². The molecule has 0 saturated heterocycles. The molecule has 2 aromatic carbocycles. The maximum atomic E-state index is 13.5. The van der Waals surface area contributed by atoms with Crippen molar-refractivity contribution in [2.45, 2.75) is 20.0 Å². The minimum Gasteiger partial charge on any atom is -0.386 e. The van der Waals surface area contributed by atoms with E-state index in [2.05, 4.69) is 10.6 Å². The van der Waals surface area contributed by atoms with Gasteiger partial charge in [-0.25, -0.2) is 13.6 Å². The second kappa shape index (κ2) is 7.19. The Morgan fingerprint density at radius 2 is 1.91 bits per heavy atom. The summed E-state index contributed by atoms with van der Waals surface area (Å²) in [6.45, 7) is 3.62. The van der Waals surface area contributed by atoms with Gasteiger partial charge in [-0.2, -0.15) is 0 Å². The van der Waals surface area contributed by atoms with E-state index >= 15 is 0 Å². The number of rotatable bonds is 4. The highest BCUT2D eigenvalue weighted by Crippen LogP contribution is 2.18. The van der Waals surface area contributed by atoms with Crippen LogP contribution in [0.25, 0.3) is 0 Å². The van der Waals surface area contributed by atoms with Crippen molar-refractivity contribution >= 4 is 11.7 Å². The molecule has 0 bridgehead atoms. The Morgan fingerprint density at radius 3 is 2.57 bits per heavy atom. The third-order valence-electron chi connectivity index (χ3n) is 3.41. The van der Waals surface area contributed by atoms with Crippen molar-refractivity contribution in [2.75, 3.05) is 11.9 Å². The average Bonchev–Trinajstić information content (AvgIpc) is 2.48. The highest BCUT2D eigenvalue weighted by atomic mass is 19.1. The van der Waals surface area contributed by atoms with E-state index in [9.17, 15) is 18.7 Å². The van der Waals surface area contributed by atoms with Crippen LogP contribution in [0.5, 0.6) is 0 Å². The van der Waals surface area contributed by atoms with E-state index in [-0.39, 0.29) is 12.1 Å². The molecule has 6 heteroatoms. The van der Waals surface area contributed by atoms with Gasteiger partial charge < -0.3 is 15.7 Å². The zero-order chi connectivity index (χ0) is 17.0. The van der Waals surface area contributed by atoms with Crippen molar-refractivity contribution in [2.24, 2.45) is 0 Å². The van der Waals surface area contributed by atoms with Crippen molar-refractivity contribution in [1.82, 2.24) is 5.32 Å². The molecular formula is C17H18F2N2O2. The molecule has 3 N–H and O–H groups in total. The number of carbonyl (C=O) groups is 1. The number of aryl methyl sites for hydroxylation is 2. The molecule has 2 amide bonds. The summed E-state index contributed by atoms with van der Waals surface area (Å²) in [6, 6.07) is 7.95. The van der Waals surface area contributed by atoms with Crippen molar-refractivity contribution in [3.8, 4) is 0 Å². The maximum Gasteiger partial charge on any atom is 0.319 e. The molecular weight excluding hydrogens is 302 g/mol. The summed E-state index contributed by atoms with van der Waals surface area (Å²) in [5, 5.41) is 15.0. The lowest BCUT2D eigenvalue weighted by atomic mass is 10.1. The fourth-order valence-corrected chi connectivity index (χ4v) is 2.19. The first-order valence-electron chi connectivity index (χ1n) is 7.12. The van der Waals surface area contributed by atoms with Crippen LogP contribution in [0.15, 0.2) is 36.4 Å². The first kappa shape index (κ1) is 16.9. The Morgan fingerprint density at radius 1 is 1.17 bits per heavy atom. The molecule has 122 valence electrons. The first-order valence-corrected chi connectivity index (χ1v) is 7.12. The molecule has 0 aliphatic heterocycles. The lowest BCUT2D eigenvalue weighted by Crippen LogP contribution is -2.32. The van der Waals surface area contributed by atoms with Gasteiger partial charge >= 0.3 is 6.03 Å². The maximum absolute atomic E-state index is 13.5. The third kappa shape index (κ3) is 4.50. The zero-order valence-electron chi connectivity index (χ0n) is 12.9. The lowest BCUT2D eigenvalue weighted by molar-refractivity contribution is 0.170. The van der Waals surface area contributed by atoms with Gasteiger partial charge in [0.1, 0.15) is 11.6 Å². The first-order chi connectivity index (χ1) is 10.9. The predicted molar refractivity (Wildman–Crippen MR) is 84.3 cm³/mol. The van der Waals surface area contributed by atoms with Crippen LogP contribution >= 0.6 is 0 Å². The number of hydrogen-bond donors (Lipinski definition) is 3. The van der Waals surface area contributed by atoms with Gasteiger partial charge in [-0.05, 0) is 31.5 Å². The number of aliphatic hydroxyl groups is 1. The van der Waals surface area contributed by atoms with Crippen LogP contribution in [0.4, 0.5) is 19.3 Å². The van der Waals surface area contributed by atoms with Crippen LogP contribution in [0.2, 0.25) is 0 Å². The van der Waals surface area contributed by atoms with E-state index in [1.807, 2.05) is 26.0 Å². The molecule has 0 aromatic heterocycles. The van der Waals surface area contributed by atoms with Crippen molar-refractivity contribution in [3.63, 3.8) is 0 Å². The number of nitrogens with one attached hydrogen (secondary N) is 2. The van der Waals surface area contributed by atoms with Crippen LogP contribution in [0.1, 0.15) is 22.8 Å². The molecule has 0 heterocycles. The van der Waals surface area contributed by atoms with Gasteiger partial charge in [0.25, 0.3) is 0 Å². The number of carbonyl (C=O) groups excluding carboxylic acids is 1. The molecule has 0 saturated carbocycles. The summed E-state index contributed by atoms with van der Waals surface area (Å²) in [4.78, 5) is 11.8. The van der Waals surface area contributed by atoms with E-state index in [1.54, 1.807) is 6.07 Å². The van der Waals surface area contributed by atoms with Gasteiger partial charge in [-0.15, -0.1) is 0 Å². The predicted octanol–water partition coefficient (Wildman–Crippen LogP) is 3.44. The normalized spacial score (nSPS) is 11.9. The Balaban J connectivity index is 1.93. The summed E-state index contributed by atoms with van der Waals surface area (Å²) in [7, 11) is 0. The van der Waals surface area contributed by atoms with E-state index in [0.29, 0.717) is 11.8 Å². The Kier molecular flexibility index (Phi) is 5.28. The molecule has 0 spiro atoms. The topological polar surface area (TPSA) is 61.4 Å². The van der Waals surface area contributed by atoms with E-state index in [1.165, 1.54) is 0 Å². The number of amides is 2. The molecule has 4 nitrogen and oxygen atoms in total. The highest BCUT2D eigenvalue weighted by molar-refractivity contribution is 5.90. The quantitative estimate of drug-likeness (QED) is 0.808. The Bertz CT molecular complexity index is 720. The van der Waals surface area contributed by atoms with E-state index in [4.69, 9.17) is 0 Å². The smallest absolute Gasteiger partial charge is 0.319 e. The van der Waals surface area contributed by atoms with Crippen LogP contribution in [-0.2, 0) is 0 Å². The SMILES string of the molecule is Cc1ccc(NC(=O)NCC(O)c2ccc(F)cc2F)c(C)c1. The molecule has 0 aliphatic carbocycles. The number of halogens is 2. The summed E-state index contributed by atoms with van der Waals surface area (Å²) < 4.78 is 26.4. The van der Waals surface area contributed by atoms with Gasteiger partial charge in [-0.1, -0.05) is 23.8 Å². The van der Waals surface area contributed by atoms with Crippen molar-refractivity contribution < 1.29 is 18.7 Å². The van der Waals surface area contributed by atoms with Crippen LogP contribution in [0.3, 0.4) is 0 Å². The van der Waals surface area contributed by atoms with Crippen molar-refractivity contribution in [3.05, 3.63) is 64.7 Å². The molecule has 1 unspecified atom stereocenters. The van der Waals surface area contributed by atoms with E-state index < -0.39 is 23.8 Å². The molecule has 2 rings (SSSR count). The number of anilines is 1. The minimum absolute atomic E-state index is 0.0711. The molecule has 0 fully saturated rings. The molecule has 0 aliphatic rings. The number of benzene rings is 2. The van der Waals surface area contributed by atoms with E-state index in [0.717, 1.165) is 23.3 Å². The van der Waals surface area contributed by atoms with Gasteiger partial charge in [0, 0.05) is 23.9 Å². The summed E-state index contributed by atoms with van der Waals surface area (Å²) in [5.74, 6) is -1.58. The second-order valence-corrected chi connectivity index (χ2v) is 5.34. The summed E-state index contributed by atoms with van der Waals surface area (Å²) in [5.41, 5.74) is 2.56. The fourth-order valence-electron chi connectivity index (χ4n) is 2.19. The standard InChI is InChI=1S/C17H18F2N2O2/c1-10-3-6-15(11(2)7-10)21-17(23)20-9-16(22)13-5-4-12(18)8-14(13)19/h3-8,16,22H,9H2,1-2H3,(H2,20,21,23). The average molecular weight is 320 g/mol. The fraction of sp³-hybridized carbons (Fsp3) is 0.235. The zero-order valence-corrected chi connectivity index (χ0v) is 12.9. The monoisotopic (exact) mass is 320 g/mol. The molecule has 0 radical (unpaired) electrons. The summed E-state index contributed by atoms with van der Waals surface area (Å²) >= 11 is 0.